The molecule has 0 aliphatic carbocycles. The van der Waals surface area contributed by atoms with E-state index in [2.05, 4.69) is 9.97 Å². The van der Waals surface area contributed by atoms with Crippen LogP contribution in [0.15, 0.2) is 12.1 Å². The number of amides is 1. The number of nitrogen functional groups attached to an aromatic ring is 1. The third-order valence-electron chi connectivity index (χ3n) is 4.51. The second-order valence-corrected chi connectivity index (χ2v) is 6.22. The molecule has 1 atom stereocenters. The van der Waals surface area contributed by atoms with Crippen molar-refractivity contribution in [3.05, 3.63) is 12.1 Å². The lowest BCUT2D eigenvalue weighted by atomic mass is 10.2. The first-order valence-electron chi connectivity index (χ1n) is 14.4. The van der Waals surface area contributed by atoms with Gasteiger partial charge in [-0.3, -0.25) is 4.79 Å². The van der Waals surface area contributed by atoms with Crippen LogP contribution in [-0.4, -0.2) is 73.6 Å². The van der Waals surface area contributed by atoms with Crippen LogP contribution in [0, 0.1) is 0 Å². The molecule has 2 aromatic rings. The van der Waals surface area contributed by atoms with Gasteiger partial charge >= 0.3 is 0 Å². The van der Waals surface area contributed by atoms with Gasteiger partial charge in [0.1, 0.15) is 11.9 Å². The Balaban J connectivity index is 1.82. The number of piperazine rings is 1. The Kier molecular flexibility index (Phi) is 2.50. The fourth-order valence-corrected chi connectivity index (χ4v) is 3.07. The standard InChI is InChI=1S/C19H25N5O4/c1-26-15-10-12-13(11-16(15)27-2)21-19(22-17(12)20)24-7-5-23(6-8-24)18(25)14-4-3-9-28-14/h10-11,14H,3-9H2,1-2H3,(H2,20,21,22)/i1D3,2D3,7D2,8D2/hD2. The van der Waals surface area contributed by atoms with E-state index in [0.717, 1.165) is 17.0 Å². The first-order valence-corrected chi connectivity index (χ1v) is 8.50. The number of hydrogen-bond donors (Lipinski definition) is 1. The maximum Gasteiger partial charge on any atom is 0.251 e. The number of carbonyl (C=O) groups is 1. The first-order chi connectivity index (χ1) is 18.3. The molecule has 2 aliphatic heterocycles. The number of nitrogens with zero attached hydrogens (tertiary/aromatic N) is 4. The zero-order valence-electron chi connectivity index (χ0n) is 26.6. The molecule has 9 nitrogen and oxygen atoms in total. The minimum Gasteiger partial charge on any atom is -0.493 e. The van der Waals surface area contributed by atoms with Gasteiger partial charge in [-0.15, -0.1) is 0 Å². The summed E-state index contributed by atoms with van der Waals surface area (Å²) in [5.41, 5.74) is -0.217. The van der Waals surface area contributed by atoms with E-state index in [9.17, 15) is 4.79 Å². The topological polar surface area (TPSA) is 103 Å². The molecule has 2 saturated heterocycles. The summed E-state index contributed by atoms with van der Waals surface area (Å²) in [7, 11) is -6.08. The average molecular weight is 400 g/mol. The van der Waals surface area contributed by atoms with Crippen molar-refractivity contribution < 1.29 is 35.5 Å². The van der Waals surface area contributed by atoms with Gasteiger partial charge in [0.2, 0.25) is 5.95 Å². The van der Waals surface area contributed by atoms with Crippen LogP contribution in [-0.2, 0) is 9.53 Å². The largest absolute Gasteiger partial charge is 0.493 e. The molecule has 0 saturated carbocycles. The Labute approximate surface area is 180 Å². The highest BCUT2D eigenvalue weighted by Gasteiger charge is 2.31. The van der Waals surface area contributed by atoms with Crippen molar-refractivity contribution in [2.24, 2.45) is 0 Å². The normalized spacial score (nSPS) is 30.5. The van der Waals surface area contributed by atoms with Gasteiger partial charge in [-0.2, -0.15) is 4.98 Å². The Hall–Kier alpha value is -2.81. The second kappa shape index (κ2) is 7.67. The van der Waals surface area contributed by atoms with Crippen molar-refractivity contribution >= 4 is 28.6 Å². The van der Waals surface area contributed by atoms with Gasteiger partial charge in [0, 0.05) is 44.1 Å². The maximum absolute atomic E-state index is 12.9. The summed E-state index contributed by atoms with van der Waals surface area (Å²) in [6.07, 6.45) is 0.275. The number of aromatic nitrogens is 2. The van der Waals surface area contributed by atoms with Crippen LogP contribution in [0.3, 0.4) is 0 Å². The predicted molar refractivity (Wildman–Crippen MR) is 105 cm³/mol. The van der Waals surface area contributed by atoms with Crippen LogP contribution in [0.4, 0.5) is 11.8 Å². The molecule has 0 spiro atoms. The molecule has 4 rings (SSSR count). The molecule has 0 bridgehead atoms. The van der Waals surface area contributed by atoms with E-state index in [0.29, 0.717) is 24.3 Å². The fourth-order valence-electron chi connectivity index (χ4n) is 3.07. The van der Waals surface area contributed by atoms with Gasteiger partial charge in [-0.25, -0.2) is 4.98 Å². The number of benzene rings is 1. The van der Waals surface area contributed by atoms with Crippen molar-refractivity contribution in [1.82, 2.24) is 14.9 Å². The number of rotatable bonds is 5. The molecule has 1 aromatic carbocycles. The van der Waals surface area contributed by atoms with E-state index in [1.54, 1.807) is 0 Å². The monoisotopic (exact) mass is 399 g/mol. The number of methoxy groups -OCH3 is 2. The summed E-state index contributed by atoms with van der Waals surface area (Å²) in [5.74, 6) is -2.86. The lowest BCUT2D eigenvalue weighted by molar-refractivity contribution is -0.141. The van der Waals surface area contributed by atoms with Gasteiger partial charge in [0.25, 0.3) is 5.91 Å². The molecular formula is C19H25N5O4. The molecule has 0 radical (unpaired) electrons. The maximum atomic E-state index is 12.9. The molecular weight excluding hydrogens is 362 g/mol. The van der Waals surface area contributed by atoms with E-state index in [-0.39, 0.29) is 16.6 Å². The average Bonchev–Trinajstić information content (AvgIpc) is 3.29. The summed E-state index contributed by atoms with van der Waals surface area (Å²) >= 11 is 0. The Morgan fingerprint density at radius 3 is 2.79 bits per heavy atom. The highest BCUT2D eigenvalue weighted by molar-refractivity contribution is 5.91. The SMILES string of the molecule is [2H]N([2H])c1nc(N2C([2H])([2H])CN(C(=O)C3CCCO3)CC2([2H])[2H])nc2cc(OC([2H])([2H])[2H])c(OC([2H])([2H])[2H])cc12. The summed E-state index contributed by atoms with van der Waals surface area (Å²) < 4.78 is 109. The van der Waals surface area contributed by atoms with Crippen LogP contribution in [0.25, 0.3) is 10.9 Å². The van der Waals surface area contributed by atoms with Crippen LogP contribution < -0.4 is 20.1 Å². The molecule has 2 N–H and O–H groups in total. The van der Waals surface area contributed by atoms with Gasteiger partial charge in [-0.1, -0.05) is 0 Å². The van der Waals surface area contributed by atoms with Crippen LogP contribution in [0.2, 0.25) is 2.82 Å². The zero-order valence-corrected chi connectivity index (χ0v) is 14.6. The highest BCUT2D eigenvalue weighted by Crippen LogP contribution is 2.34. The molecule has 2 fully saturated rings. The lowest BCUT2D eigenvalue weighted by Crippen LogP contribution is -2.51. The van der Waals surface area contributed by atoms with E-state index in [4.69, 9.17) is 30.7 Å². The van der Waals surface area contributed by atoms with Crippen molar-refractivity contribution in [2.75, 3.05) is 57.4 Å². The smallest absolute Gasteiger partial charge is 0.251 e. The number of nitrogens with two attached hydrogens (primary N) is 1. The van der Waals surface area contributed by atoms with Crippen LogP contribution >= 0.6 is 0 Å². The number of anilines is 2. The van der Waals surface area contributed by atoms with Gasteiger partial charge in [0.15, 0.2) is 14.3 Å². The summed E-state index contributed by atoms with van der Waals surface area (Å²) in [4.78, 5) is 22.6. The zero-order chi connectivity index (χ0) is 29.8. The third kappa shape index (κ3) is 3.37. The van der Waals surface area contributed by atoms with E-state index >= 15 is 0 Å². The van der Waals surface area contributed by atoms with Crippen molar-refractivity contribution in [3.63, 3.8) is 0 Å². The van der Waals surface area contributed by atoms with Crippen LogP contribution in [0.5, 0.6) is 11.5 Å². The Morgan fingerprint density at radius 2 is 2.11 bits per heavy atom. The van der Waals surface area contributed by atoms with E-state index in [1.807, 2.05) is 0 Å². The number of ether oxygens (including phenoxy) is 3. The van der Waals surface area contributed by atoms with Crippen molar-refractivity contribution in [3.8, 4) is 11.5 Å². The summed E-state index contributed by atoms with van der Waals surface area (Å²) in [5, 5.41) is -0.167. The lowest BCUT2D eigenvalue weighted by Gasteiger charge is -2.35. The van der Waals surface area contributed by atoms with E-state index < -0.39 is 75.4 Å². The molecule has 9 heteroatoms. The molecule has 2 aliphatic rings. The Bertz CT molecular complexity index is 1260. The molecule has 1 unspecified atom stereocenters. The minimum atomic E-state index is -3.04. The van der Waals surface area contributed by atoms with Crippen molar-refractivity contribution in [2.45, 2.75) is 18.9 Å². The molecule has 150 valence electrons. The number of hydrogen-bond acceptors (Lipinski definition) is 8. The third-order valence-corrected chi connectivity index (χ3v) is 4.51. The predicted octanol–water partition coefficient (Wildman–Crippen LogP) is 1.06. The second-order valence-electron chi connectivity index (χ2n) is 6.22. The first kappa shape index (κ1) is 9.13. The number of fused-ring (bicyclic) bond motifs is 1. The van der Waals surface area contributed by atoms with Gasteiger partial charge < -0.3 is 29.7 Å². The van der Waals surface area contributed by atoms with Crippen LogP contribution in [0.1, 0.15) is 26.5 Å². The fraction of sp³-hybridized carbons (Fsp3) is 0.526. The van der Waals surface area contributed by atoms with Crippen molar-refractivity contribution in [1.29, 1.82) is 0 Å². The Morgan fingerprint density at radius 1 is 1.32 bits per heavy atom. The molecule has 1 amide bonds. The van der Waals surface area contributed by atoms with E-state index in [1.165, 1.54) is 0 Å². The molecule has 3 heterocycles. The quantitative estimate of drug-likeness (QED) is 0.796. The summed E-state index contributed by atoms with van der Waals surface area (Å²) in [6.45, 7) is -5.96. The number of carbonyl (C=O) groups excluding carboxylic acids is 1. The van der Waals surface area contributed by atoms with Gasteiger partial charge in [0.05, 0.1) is 33.3 Å². The molecule has 28 heavy (non-hydrogen) atoms. The summed E-state index contributed by atoms with van der Waals surface area (Å²) in [6, 6.07) is 1.91. The van der Waals surface area contributed by atoms with Gasteiger partial charge in [-0.05, 0) is 18.9 Å². The highest BCUT2D eigenvalue weighted by atomic mass is 16.5. The molecule has 1 aromatic heterocycles. The minimum absolute atomic E-state index is 0.0132.